The van der Waals surface area contributed by atoms with E-state index in [2.05, 4.69) is 15.8 Å². The van der Waals surface area contributed by atoms with E-state index < -0.39 is 4.92 Å². The summed E-state index contributed by atoms with van der Waals surface area (Å²) in [7, 11) is 0. The molecule has 0 saturated carbocycles. The summed E-state index contributed by atoms with van der Waals surface area (Å²) < 4.78 is 5.48. The number of para-hydroxylation sites is 1. The van der Waals surface area contributed by atoms with Crippen LogP contribution in [-0.4, -0.2) is 35.0 Å². The number of thiocarbonyl (C=S) groups is 1. The molecule has 2 N–H and O–H groups in total. The molecule has 1 fully saturated rings. The van der Waals surface area contributed by atoms with Crippen LogP contribution < -0.4 is 10.7 Å². The van der Waals surface area contributed by atoms with E-state index in [0.29, 0.717) is 22.9 Å². The van der Waals surface area contributed by atoms with Gasteiger partial charge >= 0.3 is 0 Å². The van der Waals surface area contributed by atoms with E-state index in [9.17, 15) is 10.1 Å². The largest absolute Gasteiger partial charge is 0.376 e. The highest BCUT2D eigenvalue weighted by Crippen LogP contribution is 2.18. The first-order valence-corrected chi connectivity index (χ1v) is 7.42. The molecule has 8 heteroatoms. The Morgan fingerprint density at radius 2 is 2.32 bits per heavy atom. The number of nitro benzene ring substituents is 1. The van der Waals surface area contributed by atoms with E-state index in [-0.39, 0.29) is 11.8 Å². The zero-order valence-electron chi connectivity index (χ0n) is 12.2. The third kappa shape index (κ3) is 4.47. The number of nitro groups is 1. The Morgan fingerprint density at radius 3 is 3.00 bits per heavy atom. The Hall–Kier alpha value is -2.06. The molecule has 0 spiro atoms. The smallest absolute Gasteiger partial charge is 0.278 e. The summed E-state index contributed by atoms with van der Waals surface area (Å²) in [5.74, 6) is 0. The number of rotatable bonds is 5. The average Bonchev–Trinajstić information content (AvgIpc) is 3.04. The SMILES string of the molecule is C/C(=N/NC(=S)NC[C@H]1CCCO1)c1ccccc1[N+](=O)[O-]. The van der Waals surface area contributed by atoms with Crippen LogP contribution in [0.3, 0.4) is 0 Å². The van der Waals surface area contributed by atoms with Crippen molar-refractivity contribution in [2.45, 2.75) is 25.9 Å². The molecule has 0 aromatic heterocycles. The molecule has 1 aromatic rings. The summed E-state index contributed by atoms with van der Waals surface area (Å²) in [6.07, 6.45) is 2.27. The third-order valence-electron chi connectivity index (χ3n) is 3.33. The minimum atomic E-state index is -0.428. The summed E-state index contributed by atoms with van der Waals surface area (Å²) in [5, 5.41) is 18.5. The van der Waals surface area contributed by atoms with Crippen LogP contribution in [-0.2, 0) is 4.74 Å². The summed E-state index contributed by atoms with van der Waals surface area (Å²) in [6, 6.07) is 6.45. The van der Waals surface area contributed by atoms with Gasteiger partial charge in [0.1, 0.15) is 0 Å². The Morgan fingerprint density at radius 1 is 1.55 bits per heavy atom. The molecule has 1 aliphatic heterocycles. The second-order valence-corrected chi connectivity index (χ2v) is 5.34. The number of hydrogen-bond donors (Lipinski definition) is 2. The van der Waals surface area contributed by atoms with Crippen LogP contribution in [0.15, 0.2) is 29.4 Å². The third-order valence-corrected chi connectivity index (χ3v) is 3.57. The molecule has 2 rings (SSSR count). The number of hydrazone groups is 1. The molecule has 7 nitrogen and oxygen atoms in total. The predicted octanol–water partition coefficient (Wildman–Crippen LogP) is 1.96. The van der Waals surface area contributed by atoms with Gasteiger partial charge in [0, 0.05) is 19.2 Å². The first-order chi connectivity index (χ1) is 10.6. The Labute approximate surface area is 133 Å². The molecule has 1 aliphatic rings. The van der Waals surface area contributed by atoms with E-state index in [1.165, 1.54) is 6.07 Å². The van der Waals surface area contributed by atoms with Crippen LogP contribution in [0.1, 0.15) is 25.3 Å². The highest BCUT2D eigenvalue weighted by atomic mass is 32.1. The summed E-state index contributed by atoms with van der Waals surface area (Å²) in [5.41, 5.74) is 3.67. The van der Waals surface area contributed by atoms with Gasteiger partial charge in [-0.3, -0.25) is 15.5 Å². The molecule has 1 aromatic carbocycles. The zero-order chi connectivity index (χ0) is 15.9. The zero-order valence-corrected chi connectivity index (χ0v) is 13.1. The Balaban J connectivity index is 1.91. The molecule has 1 saturated heterocycles. The van der Waals surface area contributed by atoms with E-state index in [1.54, 1.807) is 25.1 Å². The van der Waals surface area contributed by atoms with Gasteiger partial charge in [0.15, 0.2) is 5.11 Å². The van der Waals surface area contributed by atoms with Gasteiger partial charge in [0.25, 0.3) is 5.69 Å². The quantitative estimate of drug-likeness (QED) is 0.373. The lowest BCUT2D eigenvalue weighted by atomic mass is 10.1. The molecule has 0 radical (unpaired) electrons. The van der Waals surface area contributed by atoms with Crippen molar-refractivity contribution in [1.29, 1.82) is 0 Å². The number of hydrogen-bond acceptors (Lipinski definition) is 5. The van der Waals surface area contributed by atoms with E-state index in [4.69, 9.17) is 17.0 Å². The number of benzene rings is 1. The van der Waals surface area contributed by atoms with Crippen molar-refractivity contribution in [2.24, 2.45) is 5.10 Å². The lowest BCUT2D eigenvalue weighted by molar-refractivity contribution is -0.385. The molecule has 0 bridgehead atoms. The fourth-order valence-electron chi connectivity index (χ4n) is 2.19. The van der Waals surface area contributed by atoms with Gasteiger partial charge in [-0.1, -0.05) is 12.1 Å². The van der Waals surface area contributed by atoms with Gasteiger partial charge in [-0.05, 0) is 38.0 Å². The van der Waals surface area contributed by atoms with Crippen LogP contribution in [0.5, 0.6) is 0 Å². The maximum absolute atomic E-state index is 11.0. The van der Waals surface area contributed by atoms with Crippen molar-refractivity contribution in [3.8, 4) is 0 Å². The van der Waals surface area contributed by atoms with Crippen LogP contribution in [0.25, 0.3) is 0 Å². The summed E-state index contributed by atoms with van der Waals surface area (Å²) in [4.78, 5) is 10.6. The lowest BCUT2D eigenvalue weighted by Gasteiger charge is -2.12. The maximum Gasteiger partial charge on any atom is 0.278 e. The Bertz CT molecular complexity index is 585. The van der Waals surface area contributed by atoms with Crippen LogP contribution >= 0.6 is 12.2 Å². The molecule has 118 valence electrons. The van der Waals surface area contributed by atoms with Crippen molar-refractivity contribution in [3.63, 3.8) is 0 Å². The van der Waals surface area contributed by atoms with Gasteiger partial charge < -0.3 is 10.1 Å². The highest BCUT2D eigenvalue weighted by molar-refractivity contribution is 7.80. The van der Waals surface area contributed by atoms with Gasteiger partial charge in [0.05, 0.1) is 22.3 Å². The average molecular weight is 322 g/mol. The van der Waals surface area contributed by atoms with Crippen LogP contribution in [0, 0.1) is 10.1 Å². The van der Waals surface area contributed by atoms with Crippen molar-refractivity contribution < 1.29 is 9.66 Å². The number of nitrogens with zero attached hydrogens (tertiary/aromatic N) is 2. The molecule has 1 heterocycles. The van der Waals surface area contributed by atoms with Gasteiger partial charge in [0.2, 0.25) is 0 Å². The number of nitrogens with one attached hydrogen (secondary N) is 2. The monoisotopic (exact) mass is 322 g/mol. The second kappa shape index (κ2) is 7.81. The van der Waals surface area contributed by atoms with Crippen LogP contribution in [0.4, 0.5) is 5.69 Å². The summed E-state index contributed by atoms with van der Waals surface area (Å²) in [6.45, 7) is 3.12. The van der Waals surface area contributed by atoms with Crippen LogP contribution in [0.2, 0.25) is 0 Å². The first-order valence-electron chi connectivity index (χ1n) is 7.01. The van der Waals surface area contributed by atoms with Gasteiger partial charge in [-0.25, -0.2) is 0 Å². The molecular formula is C14H18N4O3S. The summed E-state index contributed by atoms with van der Waals surface area (Å²) >= 11 is 5.12. The standard InChI is InChI=1S/C14H18N4O3S/c1-10(12-6-2-3-7-13(12)18(19)20)16-17-14(22)15-9-11-5-4-8-21-11/h2-3,6-7,11H,4-5,8-9H2,1H3,(H2,15,17,22)/b16-10-/t11-/m1/s1. The van der Waals surface area contributed by atoms with Gasteiger partial charge in [-0.15, -0.1) is 0 Å². The highest BCUT2D eigenvalue weighted by Gasteiger charge is 2.16. The van der Waals surface area contributed by atoms with Crippen molar-refractivity contribution >= 4 is 28.7 Å². The van der Waals surface area contributed by atoms with Crippen molar-refractivity contribution in [2.75, 3.05) is 13.2 Å². The van der Waals surface area contributed by atoms with E-state index >= 15 is 0 Å². The lowest BCUT2D eigenvalue weighted by Crippen LogP contribution is -2.37. The molecule has 0 amide bonds. The Kier molecular flexibility index (Phi) is 5.79. The normalized spacial score (nSPS) is 18.0. The van der Waals surface area contributed by atoms with E-state index in [1.807, 2.05) is 0 Å². The van der Waals surface area contributed by atoms with Crippen molar-refractivity contribution in [1.82, 2.24) is 10.7 Å². The van der Waals surface area contributed by atoms with E-state index in [0.717, 1.165) is 19.4 Å². The fourth-order valence-corrected chi connectivity index (χ4v) is 2.31. The molecule has 0 unspecified atom stereocenters. The van der Waals surface area contributed by atoms with Crippen molar-refractivity contribution in [3.05, 3.63) is 39.9 Å². The topological polar surface area (TPSA) is 88.8 Å². The fraction of sp³-hybridized carbons (Fsp3) is 0.429. The molecule has 0 aliphatic carbocycles. The predicted molar refractivity (Wildman–Crippen MR) is 88.0 cm³/mol. The van der Waals surface area contributed by atoms with Gasteiger partial charge in [-0.2, -0.15) is 5.10 Å². The molecule has 1 atom stereocenters. The molecular weight excluding hydrogens is 304 g/mol. The minimum absolute atomic E-state index is 0.0174. The minimum Gasteiger partial charge on any atom is -0.376 e. The maximum atomic E-state index is 11.0. The molecule has 22 heavy (non-hydrogen) atoms. The first kappa shape index (κ1) is 16.3. The second-order valence-electron chi connectivity index (χ2n) is 4.93. The number of ether oxygens (including phenoxy) is 1.